The molecule has 0 spiro atoms. The van der Waals surface area contributed by atoms with Crippen molar-refractivity contribution in [3.8, 4) is 0 Å². The summed E-state index contributed by atoms with van der Waals surface area (Å²) in [5.74, 6) is -1.22. The number of rotatable bonds is 4. The molecule has 110 valence electrons. The summed E-state index contributed by atoms with van der Waals surface area (Å²) in [5.41, 5.74) is -2.12. The van der Waals surface area contributed by atoms with E-state index >= 15 is 0 Å². The van der Waals surface area contributed by atoms with E-state index in [9.17, 15) is 18.0 Å². The van der Waals surface area contributed by atoms with Crippen molar-refractivity contribution in [2.75, 3.05) is 12.8 Å². The lowest BCUT2D eigenvalue weighted by atomic mass is 10.1. The van der Waals surface area contributed by atoms with Crippen LogP contribution in [0.4, 0.5) is 4.79 Å². The maximum absolute atomic E-state index is 11.4. The van der Waals surface area contributed by atoms with Crippen molar-refractivity contribution < 1.29 is 27.9 Å². The van der Waals surface area contributed by atoms with Gasteiger partial charge in [0.1, 0.15) is 11.0 Å². The molecule has 0 aromatic rings. The molecule has 1 fully saturated rings. The van der Waals surface area contributed by atoms with Gasteiger partial charge in [-0.25, -0.2) is 13.2 Å². The first-order valence-electron chi connectivity index (χ1n) is 5.77. The van der Waals surface area contributed by atoms with Gasteiger partial charge in [-0.2, -0.15) is 0 Å². The number of carboxylic acids is 1. The summed E-state index contributed by atoms with van der Waals surface area (Å²) in [7, 11) is -3.44. The molecule has 1 saturated carbocycles. The third-order valence-electron chi connectivity index (χ3n) is 2.90. The molecule has 0 bridgehead atoms. The first kappa shape index (κ1) is 15.7. The minimum absolute atomic E-state index is 0.0109. The summed E-state index contributed by atoms with van der Waals surface area (Å²) in [5, 5.41) is 10.5. The summed E-state index contributed by atoms with van der Waals surface area (Å²) in [6.07, 6.45) is 0.250. The molecule has 2 N–H and O–H groups in total. The quantitative estimate of drug-likeness (QED) is 0.776. The lowest BCUT2D eigenvalue weighted by molar-refractivity contribution is -0.143. The second-order valence-electron chi connectivity index (χ2n) is 5.84. The number of alkyl carbamates (subject to hydrolysis) is 1. The van der Waals surface area contributed by atoms with Crippen LogP contribution < -0.4 is 5.32 Å². The zero-order valence-corrected chi connectivity index (χ0v) is 12.2. The Hall–Kier alpha value is -1.31. The molecule has 0 aromatic carbocycles. The van der Waals surface area contributed by atoms with Crippen LogP contribution in [0.25, 0.3) is 0 Å². The van der Waals surface area contributed by atoms with Crippen LogP contribution in [0.15, 0.2) is 0 Å². The fourth-order valence-corrected chi connectivity index (χ4v) is 3.47. The molecule has 0 aromatic heterocycles. The molecule has 0 radical (unpaired) electrons. The number of sulfone groups is 1. The van der Waals surface area contributed by atoms with Crippen molar-refractivity contribution in [2.45, 2.75) is 38.0 Å². The highest BCUT2D eigenvalue weighted by molar-refractivity contribution is 7.91. The van der Waals surface area contributed by atoms with E-state index in [4.69, 9.17) is 9.84 Å². The summed E-state index contributed by atoms with van der Waals surface area (Å²) in [6, 6.07) is 0. The van der Waals surface area contributed by atoms with Gasteiger partial charge in [0.25, 0.3) is 0 Å². The molecule has 2 unspecified atom stereocenters. The Balaban J connectivity index is 2.65. The van der Waals surface area contributed by atoms with Crippen molar-refractivity contribution in [3.63, 3.8) is 0 Å². The van der Waals surface area contributed by atoms with Gasteiger partial charge < -0.3 is 15.2 Å². The SMILES string of the molecule is CC(C)(C)OC(=O)NCC1(C(=O)O)CC1S(C)(=O)=O. The van der Waals surface area contributed by atoms with E-state index in [1.807, 2.05) is 0 Å². The third kappa shape index (κ3) is 3.82. The monoisotopic (exact) mass is 293 g/mol. The molecule has 1 aliphatic carbocycles. The van der Waals surface area contributed by atoms with Crippen molar-refractivity contribution in [2.24, 2.45) is 5.41 Å². The number of amides is 1. The zero-order valence-electron chi connectivity index (χ0n) is 11.4. The highest BCUT2D eigenvalue weighted by Gasteiger charge is 2.65. The Morgan fingerprint density at radius 2 is 1.95 bits per heavy atom. The summed E-state index contributed by atoms with van der Waals surface area (Å²) in [6.45, 7) is 4.77. The number of nitrogens with one attached hydrogen (secondary N) is 1. The molecule has 0 saturated heterocycles. The molecular formula is C11H19NO6S. The Morgan fingerprint density at radius 3 is 2.26 bits per heavy atom. The topological polar surface area (TPSA) is 110 Å². The number of ether oxygens (including phenoxy) is 1. The van der Waals surface area contributed by atoms with Crippen LogP contribution in [-0.4, -0.2) is 49.2 Å². The Kier molecular flexibility index (Phi) is 3.86. The molecule has 0 aliphatic heterocycles. The molecule has 19 heavy (non-hydrogen) atoms. The molecule has 1 aliphatic rings. The second kappa shape index (κ2) is 4.66. The van der Waals surface area contributed by atoms with Gasteiger partial charge in [-0.15, -0.1) is 0 Å². The van der Waals surface area contributed by atoms with Crippen LogP contribution in [-0.2, 0) is 19.4 Å². The average molecular weight is 293 g/mol. The number of carbonyl (C=O) groups is 2. The molecule has 1 rings (SSSR count). The Bertz CT molecular complexity index is 492. The van der Waals surface area contributed by atoms with Crippen molar-refractivity contribution in [3.05, 3.63) is 0 Å². The molecule has 1 amide bonds. The molecule has 0 heterocycles. The molecular weight excluding hydrogens is 274 g/mol. The number of aliphatic carboxylic acids is 1. The van der Waals surface area contributed by atoms with Gasteiger partial charge in [0.15, 0.2) is 9.84 Å². The van der Waals surface area contributed by atoms with Crippen LogP contribution in [0.1, 0.15) is 27.2 Å². The smallest absolute Gasteiger partial charge is 0.407 e. The van der Waals surface area contributed by atoms with E-state index in [0.717, 1.165) is 6.26 Å². The largest absolute Gasteiger partial charge is 0.481 e. The van der Waals surface area contributed by atoms with Gasteiger partial charge in [-0.3, -0.25) is 4.79 Å². The van der Waals surface area contributed by atoms with Crippen LogP contribution in [0.5, 0.6) is 0 Å². The van der Waals surface area contributed by atoms with E-state index in [1.165, 1.54) is 0 Å². The fourth-order valence-electron chi connectivity index (χ4n) is 1.86. The van der Waals surface area contributed by atoms with Crippen LogP contribution >= 0.6 is 0 Å². The van der Waals surface area contributed by atoms with E-state index in [2.05, 4.69) is 5.32 Å². The molecule has 7 nitrogen and oxygen atoms in total. The second-order valence-corrected chi connectivity index (χ2v) is 8.07. The lowest BCUT2D eigenvalue weighted by Crippen LogP contribution is -2.40. The molecule has 2 atom stereocenters. The number of carbonyl (C=O) groups excluding carboxylic acids is 1. The van der Waals surface area contributed by atoms with Crippen molar-refractivity contribution in [1.29, 1.82) is 0 Å². The van der Waals surface area contributed by atoms with E-state index in [0.29, 0.717) is 0 Å². The van der Waals surface area contributed by atoms with Gasteiger partial charge in [0.05, 0.1) is 5.25 Å². The minimum Gasteiger partial charge on any atom is -0.481 e. The number of hydrogen-bond acceptors (Lipinski definition) is 5. The van der Waals surface area contributed by atoms with Crippen molar-refractivity contribution in [1.82, 2.24) is 5.32 Å². The van der Waals surface area contributed by atoms with E-state index in [1.54, 1.807) is 20.8 Å². The maximum Gasteiger partial charge on any atom is 0.407 e. The van der Waals surface area contributed by atoms with Gasteiger partial charge in [-0.05, 0) is 27.2 Å². The fraction of sp³-hybridized carbons (Fsp3) is 0.818. The summed E-state index contributed by atoms with van der Waals surface area (Å²) >= 11 is 0. The first-order valence-corrected chi connectivity index (χ1v) is 7.73. The van der Waals surface area contributed by atoms with Gasteiger partial charge in [-0.1, -0.05) is 0 Å². The minimum atomic E-state index is -3.44. The highest BCUT2D eigenvalue weighted by atomic mass is 32.2. The predicted octanol–water partition coefficient (Wildman–Crippen LogP) is 0.399. The number of carboxylic acid groups (broad SMARTS) is 1. The Labute approximate surface area is 112 Å². The Morgan fingerprint density at radius 1 is 1.42 bits per heavy atom. The maximum atomic E-state index is 11.4. The molecule has 8 heteroatoms. The van der Waals surface area contributed by atoms with Gasteiger partial charge in [0.2, 0.25) is 0 Å². The third-order valence-corrected chi connectivity index (χ3v) is 4.55. The predicted molar refractivity (Wildman–Crippen MR) is 67.6 cm³/mol. The highest BCUT2D eigenvalue weighted by Crippen LogP contribution is 2.50. The zero-order chi connectivity index (χ0) is 15.1. The lowest BCUT2D eigenvalue weighted by Gasteiger charge is -2.21. The first-order chi connectivity index (χ1) is 8.38. The summed E-state index contributed by atoms with van der Waals surface area (Å²) < 4.78 is 27.7. The van der Waals surface area contributed by atoms with E-state index in [-0.39, 0.29) is 13.0 Å². The summed E-state index contributed by atoms with van der Waals surface area (Å²) in [4.78, 5) is 22.6. The van der Waals surface area contributed by atoms with Gasteiger partial charge >= 0.3 is 12.1 Å². The van der Waals surface area contributed by atoms with Crippen LogP contribution in [0, 0.1) is 5.41 Å². The van der Waals surface area contributed by atoms with E-state index < -0.39 is 38.2 Å². The standard InChI is InChI=1S/C11H19NO6S/c1-10(2,3)18-9(15)12-6-11(8(13)14)5-7(11)19(4,16)17/h7H,5-6H2,1-4H3,(H,12,15)(H,13,14). The normalized spacial score (nSPS) is 26.6. The number of hydrogen-bond donors (Lipinski definition) is 2. The van der Waals surface area contributed by atoms with Crippen LogP contribution in [0.2, 0.25) is 0 Å². The van der Waals surface area contributed by atoms with Crippen molar-refractivity contribution >= 4 is 21.9 Å². The average Bonchev–Trinajstić information content (AvgIpc) is 2.87. The van der Waals surface area contributed by atoms with Gasteiger partial charge in [0, 0.05) is 12.8 Å². The van der Waals surface area contributed by atoms with Crippen LogP contribution in [0.3, 0.4) is 0 Å².